The van der Waals surface area contributed by atoms with Crippen molar-refractivity contribution in [2.75, 3.05) is 5.32 Å². The second-order valence-corrected chi connectivity index (χ2v) is 5.31. The molecule has 0 radical (unpaired) electrons. The minimum Gasteiger partial charge on any atom is -0.325 e. The Morgan fingerprint density at radius 3 is 2.53 bits per heavy atom. The Kier molecular flexibility index (Phi) is 5.49. The van der Waals surface area contributed by atoms with Crippen molar-refractivity contribution in [3.8, 4) is 0 Å². The molecule has 2 nitrogen and oxygen atoms in total. The number of amides is 1. The molecular weight excluding hydrogens is 234 g/mol. The van der Waals surface area contributed by atoms with Crippen molar-refractivity contribution in [2.24, 2.45) is 0 Å². The standard InChI is InChI=1S/C14H20ClNO/c1-3-4-8-11-14(2,15)13(17)16-12-9-6-5-7-10-12/h5-7,9-10H,3-4,8,11H2,1-2H3,(H,16,17). The van der Waals surface area contributed by atoms with Crippen LogP contribution in [0, 0.1) is 0 Å². The predicted octanol–water partition coefficient (Wildman–Crippen LogP) is 4.20. The lowest BCUT2D eigenvalue weighted by Gasteiger charge is -2.21. The molecule has 1 amide bonds. The Bertz CT molecular complexity index is 348. The van der Waals surface area contributed by atoms with Crippen molar-refractivity contribution >= 4 is 23.2 Å². The van der Waals surface area contributed by atoms with Crippen LogP contribution < -0.4 is 5.32 Å². The molecule has 0 bridgehead atoms. The van der Waals surface area contributed by atoms with Crippen LogP contribution in [0.15, 0.2) is 30.3 Å². The molecule has 0 spiro atoms. The number of alkyl halides is 1. The largest absolute Gasteiger partial charge is 0.325 e. The molecule has 1 N–H and O–H groups in total. The third-order valence-electron chi connectivity index (χ3n) is 2.75. The molecule has 1 aromatic carbocycles. The maximum absolute atomic E-state index is 12.0. The second kappa shape index (κ2) is 6.65. The highest BCUT2D eigenvalue weighted by Crippen LogP contribution is 2.24. The first-order valence-electron chi connectivity index (χ1n) is 6.11. The van der Waals surface area contributed by atoms with Gasteiger partial charge in [0, 0.05) is 5.69 Å². The molecule has 0 aromatic heterocycles. The summed E-state index contributed by atoms with van der Waals surface area (Å²) in [6.07, 6.45) is 3.94. The summed E-state index contributed by atoms with van der Waals surface area (Å²) in [6.45, 7) is 3.91. The van der Waals surface area contributed by atoms with Gasteiger partial charge in [0.05, 0.1) is 0 Å². The molecule has 17 heavy (non-hydrogen) atoms. The summed E-state index contributed by atoms with van der Waals surface area (Å²) in [4.78, 5) is 11.2. The Labute approximate surface area is 108 Å². The van der Waals surface area contributed by atoms with Gasteiger partial charge in [-0.1, -0.05) is 44.4 Å². The van der Waals surface area contributed by atoms with Crippen LogP contribution in [-0.2, 0) is 4.79 Å². The molecule has 3 heteroatoms. The topological polar surface area (TPSA) is 29.1 Å². The minimum absolute atomic E-state index is 0.124. The fourth-order valence-electron chi connectivity index (χ4n) is 1.60. The van der Waals surface area contributed by atoms with Crippen molar-refractivity contribution in [3.05, 3.63) is 30.3 Å². The van der Waals surface area contributed by atoms with Gasteiger partial charge in [-0.05, 0) is 25.5 Å². The number of halogens is 1. The van der Waals surface area contributed by atoms with Gasteiger partial charge in [0.2, 0.25) is 5.91 Å². The summed E-state index contributed by atoms with van der Waals surface area (Å²) in [5, 5.41) is 2.84. The number of carbonyl (C=O) groups is 1. The van der Waals surface area contributed by atoms with E-state index in [1.807, 2.05) is 30.3 Å². The van der Waals surface area contributed by atoms with Gasteiger partial charge >= 0.3 is 0 Å². The quantitative estimate of drug-likeness (QED) is 0.597. The number of hydrogen-bond donors (Lipinski definition) is 1. The second-order valence-electron chi connectivity index (χ2n) is 4.47. The third kappa shape index (κ3) is 4.78. The van der Waals surface area contributed by atoms with Crippen molar-refractivity contribution in [1.29, 1.82) is 0 Å². The molecule has 0 saturated carbocycles. The Balaban J connectivity index is 2.51. The maximum atomic E-state index is 12.0. The number of unbranched alkanes of at least 4 members (excludes halogenated alkanes) is 2. The Hall–Kier alpha value is -1.02. The summed E-state index contributed by atoms with van der Waals surface area (Å²) in [5.41, 5.74) is 0.792. The van der Waals surface area contributed by atoms with Gasteiger partial charge in [0.1, 0.15) is 4.87 Å². The number of benzene rings is 1. The van der Waals surface area contributed by atoms with Crippen LogP contribution >= 0.6 is 11.6 Å². The third-order valence-corrected chi connectivity index (χ3v) is 3.12. The van der Waals surface area contributed by atoms with Crippen LogP contribution in [0.25, 0.3) is 0 Å². The minimum atomic E-state index is -0.814. The number of nitrogens with one attached hydrogen (secondary N) is 1. The van der Waals surface area contributed by atoms with Crippen molar-refractivity contribution < 1.29 is 4.79 Å². The maximum Gasteiger partial charge on any atom is 0.245 e. The number of carbonyl (C=O) groups excluding carboxylic acids is 1. The van der Waals surface area contributed by atoms with E-state index in [-0.39, 0.29) is 5.91 Å². The van der Waals surface area contributed by atoms with Crippen LogP contribution in [-0.4, -0.2) is 10.8 Å². The fraction of sp³-hybridized carbons (Fsp3) is 0.500. The summed E-state index contributed by atoms with van der Waals surface area (Å²) >= 11 is 6.26. The van der Waals surface area contributed by atoms with Crippen LogP contribution in [0.4, 0.5) is 5.69 Å². The lowest BCUT2D eigenvalue weighted by molar-refractivity contribution is -0.118. The number of hydrogen-bond acceptors (Lipinski definition) is 1. The molecule has 1 atom stereocenters. The van der Waals surface area contributed by atoms with Gasteiger partial charge in [-0.3, -0.25) is 4.79 Å². The number of rotatable bonds is 6. The summed E-state index contributed by atoms with van der Waals surface area (Å²) in [7, 11) is 0. The highest BCUT2D eigenvalue weighted by atomic mass is 35.5. The van der Waals surface area contributed by atoms with Crippen molar-refractivity contribution in [3.63, 3.8) is 0 Å². The molecule has 0 fully saturated rings. The zero-order valence-corrected chi connectivity index (χ0v) is 11.3. The zero-order valence-electron chi connectivity index (χ0n) is 10.5. The summed E-state index contributed by atoms with van der Waals surface area (Å²) < 4.78 is 0. The van der Waals surface area contributed by atoms with E-state index in [1.54, 1.807) is 6.92 Å². The van der Waals surface area contributed by atoms with Gasteiger partial charge in [-0.25, -0.2) is 0 Å². The number of para-hydroxylation sites is 1. The van der Waals surface area contributed by atoms with Crippen LogP contribution in [0.3, 0.4) is 0 Å². The van der Waals surface area contributed by atoms with E-state index in [9.17, 15) is 4.79 Å². The van der Waals surface area contributed by atoms with E-state index in [2.05, 4.69) is 12.2 Å². The molecular formula is C14H20ClNO. The van der Waals surface area contributed by atoms with E-state index in [0.29, 0.717) is 6.42 Å². The number of anilines is 1. The first kappa shape index (κ1) is 14.0. The van der Waals surface area contributed by atoms with E-state index in [4.69, 9.17) is 11.6 Å². The zero-order chi connectivity index (χ0) is 12.7. The van der Waals surface area contributed by atoms with Crippen LogP contribution in [0.1, 0.15) is 39.5 Å². The van der Waals surface area contributed by atoms with Gasteiger partial charge < -0.3 is 5.32 Å². The predicted molar refractivity (Wildman–Crippen MR) is 73.5 cm³/mol. The molecule has 0 aliphatic rings. The van der Waals surface area contributed by atoms with E-state index >= 15 is 0 Å². The molecule has 94 valence electrons. The average Bonchev–Trinajstić information content (AvgIpc) is 2.30. The lowest BCUT2D eigenvalue weighted by atomic mass is 10.0. The van der Waals surface area contributed by atoms with E-state index in [0.717, 1.165) is 24.9 Å². The summed E-state index contributed by atoms with van der Waals surface area (Å²) in [6, 6.07) is 9.40. The van der Waals surface area contributed by atoms with E-state index < -0.39 is 4.87 Å². The molecule has 0 aliphatic carbocycles. The molecule has 1 unspecified atom stereocenters. The smallest absolute Gasteiger partial charge is 0.245 e. The van der Waals surface area contributed by atoms with Crippen molar-refractivity contribution in [2.45, 2.75) is 44.4 Å². The first-order chi connectivity index (χ1) is 8.06. The normalized spacial score (nSPS) is 14.1. The Morgan fingerprint density at radius 1 is 1.29 bits per heavy atom. The fourth-order valence-corrected chi connectivity index (χ4v) is 1.78. The van der Waals surface area contributed by atoms with Crippen LogP contribution in [0.2, 0.25) is 0 Å². The van der Waals surface area contributed by atoms with Gasteiger partial charge in [0.25, 0.3) is 0 Å². The molecule has 0 saturated heterocycles. The van der Waals surface area contributed by atoms with Crippen LogP contribution in [0.5, 0.6) is 0 Å². The average molecular weight is 254 g/mol. The molecule has 1 aromatic rings. The highest BCUT2D eigenvalue weighted by Gasteiger charge is 2.29. The van der Waals surface area contributed by atoms with E-state index in [1.165, 1.54) is 0 Å². The Morgan fingerprint density at radius 2 is 1.94 bits per heavy atom. The molecule has 1 rings (SSSR count). The molecule has 0 aliphatic heterocycles. The highest BCUT2D eigenvalue weighted by molar-refractivity contribution is 6.36. The summed E-state index contributed by atoms with van der Waals surface area (Å²) in [5.74, 6) is -0.124. The monoisotopic (exact) mass is 253 g/mol. The van der Waals surface area contributed by atoms with Crippen molar-refractivity contribution in [1.82, 2.24) is 0 Å². The lowest BCUT2D eigenvalue weighted by Crippen LogP contribution is -2.34. The first-order valence-corrected chi connectivity index (χ1v) is 6.49. The van der Waals surface area contributed by atoms with Gasteiger partial charge in [-0.2, -0.15) is 0 Å². The molecule has 0 heterocycles. The van der Waals surface area contributed by atoms with Gasteiger partial charge in [-0.15, -0.1) is 11.6 Å². The SMILES string of the molecule is CCCCCC(C)(Cl)C(=O)Nc1ccccc1. The van der Waals surface area contributed by atoms with Gasteiger partial charge in [0.15, 0.2) is 0 Å².